The van der Waals surface area contributed by atoms with Gasteiger partial charge in [0, 0.05) is 11.8 Å². The zero-order valence-electron chi connectivity index (χ0n) is 19.5. The first-order valence-corrected chi connectivity index (χ1v) is 11.3. The van der Waals surface area contributed by atoms with Crippen molar-refractivity contribution < 1.29 is 0 Å². The van der Waals surface area contributed by atoms with Crippen LogP contribution in [0.15, 0.2) is 114 Å². The molecule has 159 valence electrons. The van der Waals surface area contributed by atoms with E-state index in [1.807, 2.05) is 13.0 Å². The van der Waals surface area contributed by atoms with E-state index in [0.29, 0.717) is 0 Å². The van der Waals surface area contributed by atoms with Gasteiger partial charge in [-0.25, -0.2) is 0 Å². The van der Waals surface area contributed by atoms with Crippen molar-refractivity contribution in [3.8, 4) is 22.3 Å². The summed E-state index contributed by atoms with van der Waals surface area (Å²) in [5.74, 6) is 0. The van der Waals surface area contributed by atoms with Crippen LogP contribution >= 0.6 is 0 Å². The molecule has 0 amide bonds. The van der Waals surface area contributed by atoms with Gasteiger partial charge in [0.05, 0.1) is 0 Å². The first-order chi connectivity index (χ1) is 15.5. The molecule has 32 heavy (non-hydrogen) atoms. The minimum atomic E-state index is -0.138. The van der Waals surface area contributed by atoms with Gasteiger partial charge in [0.1, 0.15) is 0 Å². The van der Waals surface area contributed by atoms with E-state index in [1.54, 1.807) is 0 Å². The molecule has 0 aromatic heterocycles. The summed E-state index contributed by atoms with van der Waals surface area (Å²) >= 11 is 0. The number of rotatable bonds is 7. The van der Waals surface area contributed by atoms with Gasteiger partial charge in [-0.1, -0.05) is 103 Å². The standard InChI is InChI=1S/C32H31/c1-6-10-24-11-9-12-28(22-24)27-15-13-25(14-16-27)26-17-19-30(20-18-26)32(5,29(7-2)8-3)31-21-23(31)4/h6-22H,2H2,1,3-5H3/b10-6-,29-8+. The Labute approximate surface area is 193 Å². The van der Waals surface area contributed by atoms with Gasteiger partial charge in [-0.3, -0.25) is 0 Å². The lowest BCUT2D eigenvalue weighted by Crippen LogP contribution is -2.23. The van der Waals surface area contributed by atoms with E-state index >= 15 is 0 Å². The SMILES string of the molecule is C=C/C(=C\C)C(C)(C1=C(C)[CH]1)c1ccc(-c2ccc(-c3cccc(/C=C\C)c3)cc2)cc1. The predicted octanol–water partition coefficient (Wildman–Crippen LogP) is 8.98. The highest BCUT2D eigenvalue weighted by Gasteiger charge is 2.40. The molecule has 0 heterocycles. The van der Waals surface area contributed by atoms with Gasteiger partial charge < -0.3 is 0 Å². The average Bonchev–Trinajstić information content (AvgIpc) is 3.57. The van der Waals surface area contributed by atoms with Crippen molar-refractivity contribution in [2.45, 2.75) is 33.1 Å². The maximum atomic E-state index is 4.06. The van der Waals surface area contributed by atoms with Gasteiger partial charge >= 0.3 is 0 Å². The average molecular weight is 416 g/mol. The summed E-state index contributed by atoms with van der Waals surface area (Å²) in [5.41, 5.74) is 11.4. The molecule has 1 radical (unpaired) electrons. The van der Waals surface area contributed by atoms with Crippen molar-refractivity contribution >= 4 is 6.08 Å². The quantitative estimate of drug-likeness (QED) is 0.338. The Morgan fingerprint density at radius 1 is 0.812 bits per heavy atom. The summed E-state index contributed by atoms with van der Waals surface area (Å²) in [6.07, 6.45) is 10.7. The number of hydrogen-bond acceptors (Lipinski definition) is 0. The monoisotopic (exact) mass is 415 g/mol. The fourth-order valence-electron chi connectivity index (χ4n) is 4.67. The van der Waals surface area contributed by atoms with E-state index in [-0.39, 0.29) is 5.41 Å². The van der Waals surface area contributed by atoms with Crippen LogP contribution in [-0.4, -0.2) is 0 Å². The number of benzene rings is 3. The zero-order valence-corrected chi connectivity index (χ0v) is 19.5. The molecule has 1 unspecified atom stereocenters. The molecule has 0 saturated carbocycles. The molecule has 1 aliphatic carbocycles. The van der Waals surface area contributed by atoms with E-state index in [4.69, 9.17) is 0 Å². The summed E-state index contributed by atoms with van der Waals surface area (Å²) in [6.45, 7) is 12.7. The van der Waals surface area contributed by atoms with Crippen molar-refractivity contribution in [2.75, 3.05) is 0 Å². The highest BCUT2D eigenvalue weighted by molar-refractivity contribution is 5.73. The Hall–Kier alpha value is -3.38. The third kappa shape index (κ3) is 4.06. The van der Waals surface area contributed by atoms with Crippen molar-refractivity contribution in [2.24, 2.45) is 0 Å². The summed E-state index contributed by atoms with van der Waals surface area (Å²) < 4.78 is 0. The fourth-order valence-corrected chi connectivity index (χ4v) is 4.67. The Balaban J connectivity index is 1.62. The van der Waals surface area contributed by atoms with Crippen molar-refractivity contribution in [1.29, 1.82) is 0 Å². The lowest BCUT2D eigenvalue weighted by Gasteiger charge is -2.30. The molecule has 0 aliphatic heterocycles. The van der Waals surface area contributed by atoms with Gasteiger partial charge in [-0.15, -0.1) is 0 Å². The molecule has 0 fully saturated rings. The van der Waals surface area contributed by atoms with Crippen LogP contribution in [0.2, 0.25) is 0 Å². The van der Waals surface area contributed by atoms with Crippen LogP contribution in [0, 0.1) is 6.42 Å². The van der Waals surface area contributed by atoms with Gasteiger partial charge in [0.2, 0.25) is 0 Å². The van der Waals surface area contributed by atoms with Gasteiger partial charge in [0.25, 0.3) is 0 Å². The fraction of sp³-hybridized carbons (Fsp3) is 0.156. The molecule has 3 aromatic rings. The molecule has 1 aliphatic rings. The normalized spacial score (nSPS) is 15.7. The maximum absolute atomic E-state index is 4.06. The van der Waals surface area contributed by atoms with Crippen LogP contribution in [0.4, 0.5) is 0 Å². The molecule has 0 bridgehead atoms. The van der Waals surface area contributed by atoms with E-state index in [9.17, 15) is 0 Å². The smallest absolute Gasteiger partial charge is 0.0388 e. The largest absolute Gasteiger partial charge is 0.0988 e. The molecule has 0 nitrogen and oxygen atoms in total. The second-order valence-electron chi connectivity index (χ2n) is 8.59. The Kier molecular flexibility index (Phi) is 6.15. The second kappa shape index (κ2) is 9.01. The topological polar surface area (TPSA) is 0 Å². The van der Waals surface area contributed by atoms with Crippen molar-refractivity contribution in [3.05, 3.63) is 132 Å². The lowest BCUT2D eigenvalue weighted by atomic mass is 9.73. The van der Waals surface area contributed by atoms with Crippen LogP contribution in [0.1, 0.15) is 38.8 Å². The highest BCUT2D eigenvalue weighted by atomic mass is 14.4. The zero-order chi connectivity index (χ0) is 22.7. The van der Waals surface area contributed by atoms with Crippen molar-refractivity contribution in [1.82, 2.24) is 0 Å². The molecular formula is C32H31. The third-order valence-corrected chi connectivity index (χ3v) is 6.61. The molecule has 0 heteroatoms. The Morgan fingerprint density at radius 3 is 1.88 bits per heavy atom. The van der Waals surface area contributed by atoms with E-state index in [0.717, 1.165) is 0 Å². The highest BCUT2D eigenvalue weighted by Crippen LogP contribution is 2.50. The molecule has 0 spiro atoms. The Bertz CT molecular complexity index is 1210. The van der Waals surface area contributed by atoms with Gasteiger partial charge in [0.15, 0.2) is 0 Å². The van der Waals surface area contributed by atoms with Crippen molar-refractivity contribution in [3.63, 3.8) is 0 Å². The van der Waals surface area contributed by atoms with Crippen LogP contribution < -0.4 is 0 Å². The van der Waals surface area contributed by atoms with Gasteiger partial charge in [-0.05, 0) is 78.3 Å². The first kappa shape index (κ1) is 21.8. The van der Waals surface area contributed by atoms with Crippen LogP contribution in [0.5, 0.6) is 0 Å². The minimum absolute atomic E-state index is 0.138. The van der Waals surface area contributed by atoms with Crippen LogP contribution in [-0.2, 0) is 5.41 Å². The van der Waals surface area contributed by atoms with Gasteiger partial charge in [-0.2, -0.15) is 0 Å². The molecule has 0 N–H and O–H groups in total. The van der Waals surface area contributed by atoms with E-state index in [1.165, 1.54) is 50.1 Å². The summed E-state index contributed by atoms with van der Waals surface area (Å²) in [4.78, 5) is 0. The van der Waals surface area contributed by atoms with E-state index in [2.05, 4.69) is 125 Å². The van der Waals surface area contributed by atoms with Crippen LogP contribution in [0.25, 0.3) is 28.3 Å². The first-order valence-electron chi connectivity index (χ1n) is 11.3. The van der Waals surface area contributed by atoms with E-state index < -0.39 is 0 Å². The lowest BCUT2D eigenvalue weighted by molar-refractivity contribution is 0.701. The third-order valence-electron chi connectivity index (χ3n) is 6.61. The number of hydrogen-bond donors (Lipinski definition) is 0. The molecule has 0 saturated heterocycles. The summed E-state index contributed by atoms with van der Waals surface area (Å²) in [7, 11) is 0. The van der Waals surface area contributed by atoms with Crippen LogP contribution in [0.3, 0.4) is 0 Å². The predicted molar refractivity (Wildman–Crippen MR) is 140 cm³/mol. The molecule has 3 aromatic carbocycles. The number of allylic oxidation sites excluding steroid dienone is 6. The summed E-state index contributed by atoms with van der Waals surface area (Å²) in [6, 6.07) is 26.5. The summed E-state index contributed by atoms with van der Waals surface area (Å²) in [5, 5.41) is 0. The second-order valence-corrected chi connectivity index (χ2v) is 8.59. The Morgan fingerprint density at radius 2 is 1.38 bits per heavy atom. The molecular weight excluding hydrogens is 384 g/mol. The molecule has 1 atom stereocenters. The maximum Gasteiger partial charge on any atom is 0.0388 e. The molecule has 4 rings (SSSR count). The minimum Gasteiger partial charge on any atom is -0.0988 e.